The van der Waals surface area contributed by atoms with Crippen LogP contribution in [0.4, 0.5) is 17.1 Å². The average molecular weight is 496 g/mol. The zero-order chi connectivity index (χ0) is 24.4. The third kappa shape index (κ3) is 5.24. The lowest BCUT2D eigenvalue weighted by atomic mass is 10.1. The molecule has 1 atom stereocenters. The van der Waals surface area contributed by atoms with E-state index in [2.05, 4.69) is 10.6 Å². The van der Waals surface area contributed by atoms with Crippen LogP contribution in [0.5, 0.6) is 0 Å². The van der Waals surface area contributed by atoms with Crippen molar-refractivity contribution in [3.63, 3.8) is 0 Å². The normalized spacial score (nSPS) is 15.4. The minimum Gasteiger partial charge on any atom is -0.326 e. The number of amides is 3. The van der Waals surface area contributed by atoms with Crippen molar-refractivity contribution in [3.05, 3.63) is 87.4 Å². The number of nitrogens with one attached hydrogen (secondary N) is 2. The van der Waals surface area contributed by atoms with Crippen LogP contribution in [-0.4, -0.2) is 24.3 Å². The number of rotatable bonds is 5. The number of nitrogens with zero attached hydrogens (tertiary/aromatic N) is 1. The Morgan fingerprint density at radius 3 is 2.53 bits per heavy atom. The van der Waals surface area contributed by atoms with Crippen molar-refractivity contribution in [2.45, 2.75) is 20.3 Å². The number of halogens is 2. The third-order valence-corrected chi connectivity index (χ3v) is 6.27. The number of aryl methyl sites for hydroxylation is 2. The molecule has 0 unspecified atom stereocenters. The Balaban J connectivity index is 1.43. The molecule has 0 spiro atoms. The van der Waals surface area contributed by atoms with Gasteiger partial charge in [-0.2, -0.15) is 0 Å². The Labute approximate surface area is 207 Å². The van der Waals surface area contributed by atoms with E-state index in [1.165, 1.54) is 4.90 Å². The summed E-state index contributed by atoms with van der Waals surface area (Å²) in [6, 6.07) is 17.4. The highest BCUT2D eigenvalue weighted by Gasteiger charge is 2.36. The van der Waals surface area contributed by atoms with Crippen molar-refractivity contribution < 1.29 is 14.4 Å². The molecule has 1 heterocycles. The average Bonchev–Trinajstić information content (AvgIpc) is 3.19. The summed E-state index contributed by atoms with van der Waals surface area (Å²) in [6.45, 7) is 4.12. The van der Waals surface area contributed by atoms with Crippen LogP contribution < -0.4 is 15.5 Å². The standard InChI is InChI=1S/C26H23Cl2N3O3/c1-15-6-9-22(16(2)10-15)30-25(33)17-4-3-5-20(11-17)29-26(34)18-12-24(32)31(14-18)23-13-19(27)7-8-21(23)28/h3-11,13,18H,12,14H2,1-2H3,(H,29,34)(H,30,33)/t18-/m0/s1. The van der Waals surface area contributed by atoms with Crippen LogP contribution >= 0.6 is 23.2 Å². The molecule has 8 heteroatoms. The summed E-state index contributed by atoms with van der Waals surface area (Å²) in [5, 5.41) is 6.57. The van der Waals surface area contributed by atoms with Crippen LogP contribution in [0.1, 0.15) is 27.9 Å². The number of carbonyl (C=O) groups excluding carboxylic acids is 3. The quantitative estimate of drug-likeness (QED) is 0.465. The lowest BCUT2D eigenvalue weighted by Crippen LogP contribution is -2.28. The van der Waals surface area contributed by atoms with Crippen molar-refractivity contribution in [2.75, 3.05) is 22.1 Å². The van der Waals surface area contributed by atoms with E-state index >= 15 is 0 Å². The first-order valence-electron chi connectivity index (χ1n) is 10.8. The van der Waals surface area contributed by atoms with E-state index in [0.717, 1.165) is 16.8 Å². The van der Waals surface area contributed by atoms with Gasteiger partial charge in [-0.25, -0.2) is 0 Å². The van der Waals surface area contributed by atoms with Crippen LogP contribution in [0.2, 0.25) is 10.0 Å². The van der Waals surface area contributed by atoms with Crippen molar-refractivity contribution in [3.8, 4) is 0 Å². The maximum Gasteiger partial charge on any atom is 0.255 e. The number of anilines is 3. The van der Waals surface area contributed by atoms with Gasteiger partial charge in [0.15, 0.2) is 0 Å². The van der Waals surface area contributed by atoms with Crippen molar-refractivity contribution in [2.24, 2.45) is 5.92 Å². The smallest absolute Gasteiger partial charge is 0.255 e. The Morgan fingerprint density at radius 1 is 0.971 bits per heavy atom. The van der Waals surface area contributed by atoms with Gasteiger partial charge in [-0.15, -0.1) is 0 Å². The van der Waals surface area contributed by atoms with E-state index in [0.29, 0.717) is 27.0 Å². The SMILES string of the molecule is Cc1ccc(NC(=O)c2cccc(NC(=O)[C@H]3CC(=O)N(c4cc(Cl)ccc4Cl)C3)c2)c(C)c1. The Bertz CT molecular complexity index is 1290. The largest absolute Gasteiger partial charge is 0.326 e. The van der Waals surface area contributed by atoms with E-state index in [9.17, 15) is 14.4 Å². The predicted octanol–water partition coefficient (Wildman–Crippen LogP) is 5.85. The summed E-state index contributed by atoms with van der Waals surface area (Å²) in [7, 11) is 0. The Morgan fingerprint density at radius 2 is 1.76 bits per heavy atom. The minimum atomic E-state index is -0.560. The molecule has 4 rings (SSSR count). The minimum absolute atomic E-state index is 0.0571. The molecule has 1 fully saturated rings. The first-order valence-corrected chi connectivity index (χ1v) is 11.5. The second-order valence-corrected chi connectivity index (χ2v) is 9.19. The molecule has 3 aromatic carbocycles. The first-order chi connectivity index (χ1) is 16.2. The molecule has 34 heavy (non-hydrogen) atoms. The van der Waals surface area contributed by atoms with Crippen LogP contribution in [-0.2, 0) is 9.59 Å². The van der Waals surface area contributed by atoms with Crippen LogP contribution in [0.3, 0.4) is 0 Å². The first kappa shape index (κ1) is 23.8. The van der Waals surface area contributed by atoms with Gasteiger partial charge in [0.2, 0.25) is 11.8 Å². The zero-order valence-corrected chi connectivity index (χ0v) is 20.2. The van der Waals surface area contributed by atoms with Crippen molar-refractivity contribution in [1.82, 2.24) is 0 Å². The molecule has 3 aromatic rings. The second kappa shape index (κ2) is 9.87. The molecule has 0 aliphatic carbocycles. The maximum atomic E-state index is 12.9. The topological polar surface area (TPSA) is 78.5 Å². The highest BCUT2D eigenvalue weighted by molar-refractivity contribution is 6.36. The highest BCUT2D eigenvalue weighted by atomic mass is 35.5. The summed E-state index contributed by atoms with van der Waals surface area (Å²) in [4.78, 5) is 39.7. The van der Waals surface area contributed by atoms with Crippen molar-refractivity contribution in [1.29, 1.82) is 0 Å². The lowest BCUT2D eigenvalue weighted by molar-refractivity contribution is -0.122. The van der Waals surface area contributed by atoms with Gasteiger partial charge in [0.1, 0.15) is 0 Å². The van der Waals surface area contributed by atoms with E-state index in [1.54, 1.807) is 42.5 Å². The molecule has 0 bridgehead atoms. The number of hydrogen-bond acceptors (Lipinski definition) is 3. The molecule has 1 saturated heterocycles. The molecule has 1 aliphatic rings. The highest BCUT2D eigenvalue weighted by Crippen LogP contribution is 2.33. The van der Waals surface area contributed by atoms with Crippen LogP contribution in [0.15, 0.2) is 60.7 Å². The maximum absolute atomic E-state index is 12.9. The molecular weight excluding hydrogens is 473 g/mol. The fourth-order valence-electron chi connectivity index (χ4n) is 3.94. The Kier molecular flexibility index (Phi) is 6.91. The summed E-state index contributed by atoms with van der Waals surface area (Å²) in [6.07, 6.45) is 0.0571. The van der Waals surface area contributed by atoms with Gasteiger partial charge in [-0.1, -0.05) is 47.0 Å². The van der Waals surface area contributed by atoms with E-state index < -0.39 is 5.92 Å². The van der Waals surface area contributed by atoms with Gasteiger partial charge in [0.05, 0.1) is 16.6 Å². The van der Waals surface area contributed by atoms with Gasteiger partial charge < -0.3 is 15.5 Å². The van der Waals surface area contributed by atoms with Gasteiger partial charge in [-0.3, -0.25) is 14.4 Å². The monoisotopic (exact) mass is 495 g/mol. The molecule has 0 saturated carbocycles. The van der Waals surface area contributed by atoms with Gasteiger partial charge in [0.25, 0.3) is 5.91 Å². The summed E-state index contributed by atoms with van der Waals surface area (Å²) in [5.41, 5.74) is 4.18. The van der Waals surface area contributed by atoms with E-state index in [1.807, 2.05) is 32.0 Å². The fourth-order valence-corrected chi connectivity index (χ4v) is 4.33. The van der Waals surface area contributed by atoms with Gasteiger partial charge in [-0.05, 0) is 61.9 Å². The molecule has 1 aliphatic heterocycles. The molecular formula is C26H23Cl2N3O3. The molecule has 174 valence electrons. The summed E-state index contributed by atoms with van der Waals surface area (Å²) in [5.74, 6) is -1.34. The van der Waals surface area contributed by atoms with Crippen molar-refractivity contribution >= 4 is 58.0 Å². The van der Waals surface area contributed by atoms with Crippen LogP contribution in [0, 0.1) is 19.8 Å². The zero-order valence-electron chi connectivity index (χ0n) is 18.7. The van der Waals surface area contributed by atoms with E-state index in [-0.39, 0.29) is 30.7 Å². The number of carbonyl (C=O) groups is 3. The van der Waals surface area contributed by atoms with E-state index in [4.69, 9.17) is 23.2 Å². The second-order valence-electron chi connectivity index (χ2n) is 8.34. The molecule has 3 amide bonds. The molecule has 6 nitrogen and oxygen atoms in total. The third-order valence-electron chi connectivity index (χ3n) is 5.72. The van der Waals surface area contributed by atoms with Gasteiger partial charge in [0, 0.05) is 34.9 Å². The lowest BCUT2D eigenvalue weighted by Gasteiger charge is -2.18. The number of benzene rings is 3. The molecule has 2 N–H and O–H groups in total. The summed E-state index contributed by atoms with van der Waals surface area (Å²) < 4.78 is 0. The fraction of sp³-hybridized carbons (Fsp3) is 0.192. The Hall–Kier alpha value is -3.35. The summed E-state index contributed by atoms with van der Waals surface area (Å²) >= 11 is 12.3. The van der Waals surface area contributed by atoms with Crippen LogP contribution in [0.25, 0.3) is 0 Å². The molecule has 0 aromatic heterocycles. The molecule has 0 radical (unpaired) electrons. The predicted molar refractivity (Wildman–Crippen MR) is 136 cm³/mol. The van der Waals surface area contributed by atoms with Gasteiger partial charge >= 0.3 is 0 Å². The number of hydrogen-bond donors (Lipinski definition) is 2.